The number of likely N-dealkylation sites (N-methyl/N-ethyl adjacent to an activating group) is 1. The Bertz CT molecular complexity index is 417. The molecule has 0 amide bonds. The third kappa shape index (κ3) is 4.60. The van der Waals surface area contributed by atoms with Crippen molar-refractivity contribution in [1.82, 2.24) is 5.32 Å². The molecule has 1 saturated carbocycles. The zero-order valence-corrected chi connectivity index (χ0v) is 14.7. The summed E-state index contributed by atoms with van der Waals surface area (Å²) in [6, 6.07) is 9.39. The molecule has 1 fully saturated rings. The summed E-state index contributed by atoms with van der Waals surface area (Å²) in [6.07, 6.45) is 6.64. The van der Waals surface area contributed by atoms with Crippen LogP contribution in [0.25, 0.3) is 0 Å². The summed E-state index contributed by atoms with van der Waals surface area (Å²) >= 11 is 3.58. The number of hydrogen-bond donors (Lipinski definition) is 1. The van der Waals surface area contributed by atoms with Crippen LogP contribution >= 0.6 is 15.9 Å². The first-order chi connectivity index (χ1) is 9.50. The Balaban J connectivity index is 2.00. The zero-order chi connectivity index (χ0) is 14.6. The molecular weight excluding hydrogens is 310 g/mol. The second-order valence-corrected chi connectivity index (χ2v) is 7.92. The molecule has 1 aromatic carbocycles. The standard InChI is InChI=1S/C18H28BrN/c1-4-20-17(13-14-6-5-7-16(19)12-14)15-8-10-18(2,3)11-9-15/h5-7,12,15,17,20H,4,8-11,13H2,1-3H3. The van der Waals surface area contributed by atoms with Gasteiger partial charge >= 0.3 is 0 Å². The van der Waals surface area contributed by atoms with E-state index in [9.17, 15) is 0 Å². The quantitative estimate of drug-likeness (QED) is 0.779. The molecule has 0 bridgehead atoms. The normalized spacial score (nSPS) is 20.8. The Morgan fingerprint density at radius 2 is 2.00 bits per heavy atom. The van der Waals surface area contributed by atoms with Crippen molar-refractivity contribution in [3.05, 3.63) is 34.3 Å². The van der Waals surface area contributed by atoms with Gasteiger partial charge in [-0.1, -0.05) is 48.8 Å². The number of rotatable bonds is 5. The highest BCUT2D eigenvalue weighted by Crippen LogP contribution is 2.39. The van der Waals surface area contributed by atoms with Crippen molar-refractivity contribution < 1.29 is 0 Å². The monoisotopic (exact) mass is 337 g/mol. The molecule has 0 radical (unpaired) electrons. The van der Waals surface area contributed by atoms with E-state index >= 15 is 0 Å². The highest BCUT2D eigenvalue weighted by molar-refractivity contribution is 9.10. The fourth-order valence-corrected chi connectivity index (χ4v) is 3.86. The number of nitrogens with one attached hydrogen (secondary N) is 1. The van der Waals surface area contributed by atoms with Crippen molar-refractivity contribution in [3.8, 4) is 0 Å². The predicted octanol–water partition coefficient (Wildman–Crippen LogP) is 5.19. The highest BCUT2D eigenvalue weighted by atomic mass is 79.9. The summed E-state index contributed by atoms with van der Waals surface area (Å²) in [5.41, 5.74) is 2.00. The van der Waals surface area contributed by atoms with Crippen LogP contribution in [0.2, 0.25) is 0 Å². The van der Waals surface area contributed by atoms with Gasteiger partial charge in [0.25, 0.3) is 0 Å². The van der Waals surface area contributed by atoms with Gasteiger partial charge < -0.3 is 5.32 Å². The van der Waals surface area contributed by atoms with Gasteiger partial charge in [0.2, 0.25) is 0 Å². The van der Waals surface area contributed by atoms with Crippen molar-refractivity contribution >= 4 is 15.9 Å². The van der Waals surface area contributed by atoms with Crippen LogP contribution < -0.4 is 5.32 Å². The molecule has 0 saturated heterocycles. The number of hydrogen-bond acceptors (Lipinski definition) is 1. The van der Waals surface area contributed by atoms with Crippen LogP contribution in [0.15, 0.2) is 28.7 Å². The minimum atomic E-state index is 0.559. The molecule has 1 N–H and O–H groups in total. The van der Waals surface area contributed by atoms with E-state index < -0.39 is 0 Å². The summed E-state index contributed by atoms with van der Waals surface area (Å²) in [5.74, 6) is 0.835. The molecule has 1 aromatic rings. The lowest BCUT2D eigenvalue weighted by molar-refractivity contribution is 0.161. The van der Waals surface area contributed by atoms with Gasteiger partial charge in [-0.2, -0.15) is 0 Å². The van der Waals surface area contributed by atoms with Gasteiger partial charge in [0.1, 0.15) is 0 Å². The van der Waals surface area contributed by atoms with Crippen LogP contribution in [0.3, 0.4) is 0 Å². The van der Waals surface area contributed by atoms with E-state index in [1.165, 1.54) is 35.7 Å². The first kappa shape index (κ1) is 16.0. The van der Waals surface area contributed by atoms with Gasteiger partial charge in [0.15, 0.2) is 0 Å². The Labute approximate surface area is 132 Å². The van der Waals surface area contributed by atoms with Crippen molar-refractivity contribution in [1.29, 1.82) is 0 Å². The SMILES string of the molecule is CCNC(Cc1cccc(Br)c1)C1CCC(C)(C)CC1. The summed E-state index contributed by atoms with van der Waals surface area (Å²) in [4.78, 5) is 0. The highest BCUT2D eigenvalue weighted by Gasteiger charge is 2.30. The van der Waals surface area contributed by atoms with E-state index in [0.717, 1.165) is 18.9 Å². The second kappa shape index (κ2) is 7.09. The first-order valence-corrected chi connectivity index (χ1v) is 8.77. The fraction of sp³-hybridized carbons (Fsp3) is 0.667. The molecule has 112 valence electrons. The molecule has 2 rings (SSSR count). The molecule has 1 aliphatic rings. The number of benzene rings is 1. The van der Waals surface area contributed by atoms with Crippen LogP contribution in [-0.2, 0) is 6.42 Å². The average Bonchev–Trinajstić information content (AvgIpc) is 2.38. The molecule has 2 heteroatoms. The van der Waals surface area contributed by atoms with Crippen molar-refractivity contribution in [3.63, 3.8) is 0 Å². The maximum atomic E-state index is 3.73. The molecule has 1 aliphatic carbocycles. The lowest BCUT2D eigenvalue weighted by atomic mass is 9.70. The van der Waals surface area contributed by atoms with E-state index in [1.54, 1.807) is 0 Å². The van der Waals surface area contributed by atoms with E-state index in [4.69, 9.17) is 0 Å². The van der Waals surface area contributed by atoms with Crippen molar-refractivity contribution in [2.45, 2.75) is 58.9 Å². The third-order valence-corrected chi connectivity index (χ3v) is 5.26. The predicted molar refractivity (Wildman–Crippen MR) is 91.0 cm³/mol. The minimum Gasteiger partial charge on any atom is -0.314 e. The molecule has 1 unspecified atom stereocenters. The molecule has 1 atom stereocenters. The largest absolute Gasteiger partial charge is 0.314 e. The summed E-state index contributed by atoms with van der Waals surface area (Å²) < 4.78 is 1.19. The van der Waals surface area contributed by atoms with Gasteiger partial charge in [0, 0.05) is 10.5 Å². The van der Waals surface area contributed by atoms with E-state index in [1.807, 2.05) is 0 Å². The van der Waals surface area contributed by atoms with Gasteiger partial charge in [-0.15, -0.1) is 0 Å². The summed E-state index contributed by atoms with van der Waals surface area (Å²) in [7, 11) is 0. The minimum absolute atomic E-state index is 0.559. The molecule has 0 aromatic heterocycles. The van der Waals surface area contributed by atoms with E-state index in [2.05, 4.69) is 66.3 Å². The molecule has 20 heavy (non-hydrogen) atoms. The van der Waals surface area contributed by atoms with E-state index in [-0.39, 0.29) is 0 Å². The molecule has 0 heterocycles. The van der Waals surface area contributed by atoms with Gasteiger partial charge in [-0.3, -0.25) is 0 Å². The van der Waals surface area contributed by atoms with Gasteiger partial charge in [0.05, 0.1) is 0 Å². The van der Waals surface area contributed by atoms with E-state index in [0.29, 0.717) is 11.5 Å². The molecule has 0 spiro atoms. The van der Waals surface area contributed by atoms with Crippen LogP contribution in [0.1, 0.15) is 52.0 Å². The van der Waals surface area contributed by atoms with Crippen molar-refractivity contribution in [2.24, 2.45) is 11.3 Å². The lowest BCUT2D eigenvalue weighted by Crippen LogP contribution is -2.40. The second-order valence-electron chi connectivity index (χ2n) is 7.00. The third-order valence-electron chi connectivity index (χ3n) is 4.76. The average molecular weight is 338 g/mol. The Morgan fingerprint density at radius 1 is 1.30 bits per heavy atom. The maximum Gasteiger partial charge on any atom is 0.0178 e. The Hall–Kier alpha value is -0.340. The summed E-state index contributed by atoms with van der Waals surface area (Å²) in [5, 5.41) is 3.73. The van der Waals surface area contributed by atoms with Crippen molar-refractivity contribution in [2.75, 3.05) is 6.54 Å². The van der Waals surface area contributed by atoms with Gasteiger partial charge in [-0.25, -0.2) is 0 Å². The molecule has 1 nitrogen and oxygen atoms in total. The first-order valence-electron chi connectivity index (χ1n) is 7.98. The van der Waals surface area contributed by atoms with Crippen LogP contribution in [0, 0.1) is 11.3 Å². The maximum absolute atomic E-state index is 3.73. The fourth-order valence-electron chi connectivity index (χ4n) is 3.41. The zero-order valence-electron chi connectivity index (χ0n) is 13.1. The Morgan fingerprint density at radius 3 is 2.60 bits per heavy atom. The van der Waals surface area contributed by atoms with Crippen LogP contribution in [0.4, 0.5) is 0 Å². The smallest absolute Gasteiger partial charge is 0.0178 e. The summed E-state index contributed by atoms with van der Waals surface area (Å²) in [6.45, 7) is 8.12. The van der Waals surface area contributed by atoms with Crippen LogP contribution in [-0.4, -0.2) is 12.6 Å². The molecule has 0 aliphatic heterocycles. The molecular formula is C18H28BrN. The Kier molecular flexibility index (Phi) is 5.68. The topological polar surface area (TPSA) is 12.0 Å². The van der Waals surface area contributed by atoms with Crippen LogP contribution in [0.5, 0.6) is 0 Å². The van der Waals surface area contributed by atoms with Gasteiger partial charge in [-0.05, 0) is 67.7 Å². The lowest BCUT2D eigenvalue weighted by Gasteiger charge is -2.38. The number of halogens is 1.